The summed E-state index contributed by atoms with van der Waals surface area (Å²) in [5.41, 5.74) is 0.210. The average molecular weight is 201 g/mol. The number of amides is 1. The standard InChI is InChI=1S/C11H20FNO/c1-6-9(7-2)8-10(14)13(12)11(3,4)5/h8H,6-7H2,1-5H3. The number of rotatable bonds is 3. The summed E-state index contributed by atoms with van der Waals surface area (Å²) in [6, 6.07) is 0. The molecule has 0 rings (SSSR count). The number of hydrogen-bond donors (Lipinski definition) is 0. The van der Waals surface area contributed by atoms with Crippen molar-refractivity contribution in [3.63, 3.8) is 0 Å². The second-order valence-electron chi connectivity index (χ2n) is 4.30. The second kappa shape index (κ2) is 5.13. The monoisotopic (exact) mass is 201 g/mol. The summed E-state index contributed by atoms with van der Waals surface area (Å²) in [5.74, 6) is -0.559. The molecule has 0 radical (unpaired) electrons. The van der Waals surface area contributed by atoms with Crippen LogP contribution in [0.3, 0.4) is 0 Å². The van der Waals surface area contributed by atoms with Crippen molar-refractivity contribution in [2.45, 2.75) is 53.0 Å². The highest BCUT2D eigenvalue weighted by Gasteiger charge is 2.25. The molecule has 0 aromatic heterocycles. The SMILES string of the molecule is CCC(=CC(=O)N(F)C(C)(C)C)CC. The molecule has 0 atom stereocenters. The number of nitrogens with zero attached hydrogens (tertiary/aromatic N) is 1. The molecule has 0 aromatic rings. The summed E-state index contributed by atoms with van der Waals surface area (Å²) < 4.78 is 13.4. The van der Waals surface area contributed by atoms with Crippen molar-refractivity contribution in [3.8, 4) is 0 Å². The summed E-state index contributed by atoms with van der Waals surface area (Å²) in [6.07, 6.45) is 2.98. The predicted molar refractivity (Wildman–Crippen MR) is 56.4 cm³/mol. The van der Waals surface area contributed by atoms with E-state index in [2.05, 4.69) is 0 Å². The smallest absolute Gasteiger partial charge is 0.267 e. The van der Waals surface area contributed by atoms with Crippen LogP contribution in [0.5, 0.6) is 0 Å². The van der Waals surface area contributed by atoms with Gasteiger partial charge in [-0.05, 0) is 33.6 Å². The highest BCUT2D eigenvalue weighted by Crippen LogP contribution is 2.15. The average Bonchev–Trinajstić information content (AvgIpc) is 2.11. The van der Waals surface area contributed by atoms with Crippen LogP contribution in [0.2, 0.25) is 0 Å². The lowest BCUT2D eigenvalue weighted by molar-refractivity contribution is -0.152. The molecule has 1 amide bonds. The van der Waals surface area contributed by atoms with Gasteiger partial charge in [0.25, 0.3) is 5.91 Å². The first-order chi connectivity index (χ1) is 6.32. The van der Waals surface area contributed by atoms with Crippen LogP contribution in [0, 0.1) is 0 Å². The Balaban J connectivity index is 4.56. The zero-order chi connectivity index (χ0) is 11.4. The van der Waals surface area contributed by atoms with E-state index in [1.807, 2.05) is 13.8 Å². The summed E-state index contributed by atoms with van der Waals surface area (Å²) in [4.78, 5) is 11.4. The highest BCUT2D eigenvalue weighted by atomic mass is 19.2. The molecule has 0 aliphatic carbocycles. The molecule has 0 unspecified atom stereocenters. The van der Waals surface area contributed by atoms with Crippen molar-refractivity contribution >= 4 is 5.91 Å². The Morgan fingerprint density at radius 2 is 1.71 bits per heavy atom. The van der Waals surface area contributed by atoms with E-state index in [4.69, 9.17) is 0 Å². The molecule has 3 heteroatoms. The van der Waals surface area contributed by atoms with Gasteiger partial charge >= 0.3 is 0 Å². The molecule has 0 aliphatic rings. The van der Waals surface area contributed by atoms with Gasteiger partial charge in [-0.2, -0.15) is 5.12 Å². The van der Waals surface area contributed by atoms with Crippen LogP contribution in [-0.4, -0.2) is 16.6 Å². The molecule has 14 heavy (non-hydrogen) atoms. The molecule has 0 bridgehead atoms. The maximum atomic E-state index is 13.4. The van der Waals surface area contributed by atoms with Crippen molar-refractivity contribution in [2.24, 2.45) is 0 Å². The first kappa shape index (κ1) is 13.1. The fourth-order valence-corrected chi connectivity index (χ4v) is 1.02. The Morgan fingerprint density at radius 1 is 1.29 bits per heavy atom. The number of allylic oxidation sites excluding steroid dienone is 1. The quantitative estimate of drug-likeness (QED) is 0.507. The van der Waals surface area contributed by atoms with E-state index in [-0.39, 0.29) is 5.12 Å². The lowest BCUT2D eigenvalue weighted by atomic mass is 10.1. The zero-order valence-corrected chi connectivity index (χ0v) is 9.72. The molecule has 0 saturated carbocycles. The topological polar surface area (TPSA) is 20.3 Å². The van der Waals surface area contributed by atoms with Crippen molar-refractivity contribution in [1.29, 1.82) is 0 Å². The third kappa shape index (κ3) is 3.90. The Hall–Kier alpha value is -0.860. The maximum absolute atomic E-state index is 13.4. The second-order valence-corrected chi connectivity index (χ2v) is 4.30. The van der Waals surface area contributed by atoms with E-state index in [0.29, 0.717) is 0 Å². The fourth-order valence-electron chi connectivity index (χ4n) is 1.02. The van der Waals surface area contributed by atoms with E-state index < -0.39 is 11.4 Å². The van der Waals surface area contributed by atoms with Gasteiger partial charge in [0, 0.05) is 6.08 Å². The molecule has 2 nitrogen and oxygen atoms in total. The van der Waals surface area contributed by atoms with E-state index in [1.54, 1.807) is 20.8 Å². The van der Waals surface area contributed by atoms with E-state index in [0.717, 1.165) is 18.4 Å². The van der Waals surface area contributed by atoms with E-state index in [9.17, 15) is 9.28 Å². The molecule has 0 fully saturated rings. The van der Waals surface area contributed by atoms with Gasteiger partial charge in [-0.3, -0.25) is 4.79 Å². The van der Waals surface area contributed by atoms with Gasteiger partial charge in [0.05, 0.1) is 5.54 Å². The summed E-state index contributed by atoms with van der Waals surface area (Å²) in [7, 11) is 0. The Kier molecular flexibility index (Phi) is 4.81. The van der Waals surface area contributed by atoms with Crippen LogP contribution in [-0.2, 0) is 4.79 Å². The number of carbonyl (C=O) groups is 1. The maximum Gasteiger partial charge on any atom is 0.274 e. The van der Waals surface area contributed by atoms with Gasteiger partial charge in [-0.25, -0.2) is 0 Å². The molecule has 0 saturated heterocycles. The van der Waals surface area contributed by atoms with Crippen LogP contribution in [0.25, 0.3) is 0 Å². The minimum Gasteiger partial charge on any atom is -0.267 e. The highest BCUT2D eigenvalue weighted by molar-refractivity contribution is 5.87. The zero-order valence-electron chi connectivity index (χ0n) is 9.72. The van der Waals surface area contributed by atoms with Gasteiger partial charge < -0.3 is 0 Å². The normalized spacial score (nSPS) is 11.0. The van der Waals surface area contributed by atoms with Crippen LogP contribution in [0.4, 0.5) is 4.48 Å². The van der Waals surface area contributed by atoms with Gasteiger partial charge in [0.15, 0.2) is 0 Å². The van der Waals surface area contributed by atoms with Gasteiger partial charge in [-0.15, -0.1) is 0 Å². The first-order valence-electron chi connectivity index (χ1n) is 5.02. The van der Waals surface area contributed by atoms with Crippen molar-refractivity contribution in [1.82, 2.24) is 5.12 Å². The number of halogens is 1. The Morgan fingerprint density at radius 3 is 2.00 bits per heavy atom. The molecular formula is C11H20FNO. The Labute approximate surface area is 85.7 Å². The molecule has 0 N–H and O–H groups in total. The van der Waals surface area contributed by atoms with Crippen LogP contribution >= 0.6 is 0 Å². The first-order valence-corrected chi connectivity index (χ1v) is 5.02. The molecule has 0 heterocycles. The fraction of sp³-hybridized carbons (Fsp3) is 0.727. The largest absolute Gasteiger partial charge is 0.274 e. The predicted octanol–water partition coefficient (Wildman–Crippen LogP) is 3.24. The van der Waals surface area contributed by atoms with Gasteiger partial charge in [-0.1, -0.05) is 23.9 Å². The lowest BCUT2D eigenvalue weighted by Crippen LogP contribution is -2.38. The van der Waals surface area contributed by atoms with Gasteiger partial charge in [0.2, 0.25) is 0 Å². The Bertz CT molecular complexity index is 222. The minimum absolute atomic E-state index is 0.276. The van der Waals surface area contributed by atoms with Crippen LogP contribution < -0.4 is 0 Å². The summed E-state index contributed by atoms with van der Waals surface area (Å²) in [6.45, 7) is 8.91. The molecule has 82 valence electrons. The third-order valence-electron chi connectivity index (χ3n) is 2.02. The minimum atomic E-state index is -0.764. The third-order valence-corrected chi connectivity index (χ3v) is 2.02. The number of hydrogen-bond acceptors (Lipinski definition) is 1. The molecule has 0 spiro atoms. The van der Waals surface area contributed by atoms with Gasteiger partial charge in [0.1, 0.15) is 0 Å². The van der Waals surface area contributed by atoms with Crippen LogP contribution in [0.15, 0.2) is 11.6 Å². The van der Waals surface area contributed by atoms with Crippen molar-refractivity contribution in [3.05, 3.63) is 11.6 Å². The molecular weight excluding hydrogens is 181 g/mol. The molecule has 0 aliphatic heterocycles. The lowest BCUT2D eigenvalue weighted by Gasteiger charge is -2.25. The van der Waals surface area contributed by atoms with Crippen molar-refractivity contribution < 1.29 is 9.28 Å². The summed E-state index contributed by atoms with van der Waals surface area (Å²) >= 11 is 0. The summed E-state index contributed by atoms with van der Waals surface area (Å²) in [5, 5.41) is 0.276. The molecule has 0 aromatic carbocycles. The van der Waals surface area contributed by atoms with Crippen molar-refractivity contribution in [2.75, 3.05) is 0 Å². The van der Waals surface area contributed by atoms with Crippen LogP contribution in [0.1, 0.15) is 47.5 Å². The van der Waals surface area contributed by atoms with E-state index >= 15 is 0 Å². The van der Waals surface area contributed by atoms with E-state index in [1.165, 1.54) is 6.08 Å². The number of carbonyl (C=O) groups excluding carboxylic acids is 1.